The summed E-state index contributed by atoms with van der Waals surface area (Å²) in [7, 11) is 0. The molecule has 0 fully saturated rings. The molecule has 2 aromatic heterocycles. The smallest absolute Gasteiger partial charge is 0.138 e. The molecule has 0 bridgehead atoms. The molecule has 0 spiro atoms. The monoisotopic (exact) mass is 248 g/mol. The van der Waals surface area contributed by atoms with Gasteiger partial charge in [-0.2, -0.15) is 0 Å². The SMILES string of the molecule is CC[C@H](N)c1ccc(OCc2cccs2)cn1. The van der Waals surface area contributed by atoms with Crippen LogP contribution in [0.3, 0.4) is 0 Å². The fraction of sp³-hybridized carbons (Fsp3) is 0.308. The molecule has 0 saturated carbocycles. The Labute approximate surface area is 105 Å². The van der Waals surface area contributed by atoms with Gasteiger partial charge in [0, 0.05) is 10.9 Å². The molecule has 0 amide bonds. The zero-order valence-corrected chi connectivity index (χ0v) is 10.6. The van der Waals surface area contributed by atoms with Crippen molar-refractivity contribution < 1.29 is 4.74 Å². The van der Waals surface area contributed by atoms with Gasteiger partial charge >= 0.3 is 0 Å². The maximum absolute atomic E-state index is 5.89. The fourth-order valence-electron chi connectivity index (χ4n) is 1.45. The lowest BCUT2D eigenvalue weighted by Crippen LogP contribution is -2.10. The van der Waals surface area contributed by atoms with Crippen molar-refractivity contribution in [3.8, 4) is 5.75 Å². The first-order chi connectivity index (χ1) is 8.29. The third-order valence-corrected chi connectivity index (χ3v) is 3.39. The number of hydrogen-bond acceptors (Lipinski definition) is 4. The van der Waals surface area contributed by atoms with E-state index in [2.05, 4.69) is 11.1 Å². The lowest BCUT2D eigenvalue weighted by atomic mass is 10.1. The first-order valence-corrected chi connectivity index (χ1v) is 6.54. The normalized spacial score (nSPS) is 12.4. The van der Waals surface area contributed by atoms with E-state index in [4.69, 9.17) is 10.5 Å². The minimum Gasteiger partial charge on any atom is -0.486 e. The van der Waals surface area contributed by atoms with E-state index in [9.17, 15) is 0 Å². The largest absolute Gasteiger partial charge is 0.486 e. The fourth-order valence-corrected chi connectivity index (χ4v) is 2.07. The van der Waals surface area contributed by atoms with Crippen LogP contribution in [0.25, 0.3) is 0 Å². The second kappa shape index (κ2) is 5.80. The van der Waals surface area contributed by atoms with Crippen LogP contribution in [-0.2, 0) is 6.61 Å². The summed E-state index contributed by atoms with van der Waals surface area (Å²) < 4.78 is 5.63. The number of thiophene rings is 1. The van der Waals surface area contributed by atoms with Crippen LogP contribution >= 0.6 is 11.3 Å². The number of nitrogens with zero attached hydrogens (tertiary/aromatic N) is 1. The third-order valence-electron chi connectivity index (χ3n) is 2.54. The van der Waals surface area contributed by atoms with Gasteiger partial charge < -0.3 is 10.5 Å². The van der Waals surface area contributed by atoms with Crippen LogP contribution in [0.1, 0.15) is 30.0 Å². The van der Waals surface area contributed by atoms with Crippen molar-refractivity contribution in [1.82, 2.24) is 4.98 Å². The minimum atomic E-state index is 0.0151. The summed E-state index contributed by atoms with van der Waals surface area (Å²) in [6, 6.07) is 7.94. The van der Waals surface area contributed by atoms with Gasteiger partial charge in [-0.25, -0.2) is 0 Å². The number of pyridine rings is 1. The van der Waals surface area contributed by atoms with Crippen LogP contribution in [-0.4, -0.2) is 4.98 Å². The summed E-state index contributed by atoms with van der Waals surface area (Å²) in [4.78, 5) is 5.51. The highest BCUT2D eigenvalue weighted by atomic mass is 32.1. The molecule has 17 heavy (non-hydrogen) atoms. The van der Waals surface area contributed by atoms with E-state index in [1.54, 1.807) is 17.5 Å². The van der Waals surface area contributed by atoms with E-state index < -0.39 is 0 Å². The first-order valence-electron chi connectivity index (χ1n) is 5.66. The maximum atomic E-state index is 5.89. The average molecular weight is 248 g/mol. The van der Waals surface area contributed by atoms with Gasteiger partial charge in [0.25, 0.3) is 0 Å². The predicted molar refractivity (Wildman–Crippen MR) is 70.1 cm³/mol. The van der Waals surface area contributed by atoms with Crippen LogP contribution in [0.2, 0.25) is 0 Å². The molecule has 2 rings (SSSR count). The van der Waals surface area contributed by atoms with Gasteiger partial charge in [0.2, 0.25) is 0 Å². The number of ether oxygens (including phenoxy) is 1. The van der Waals surface area contributed by atoms with Gasteiger partial charge in [-0.3, -0.25) is 4.98 Å². The summed E-state index contributed by atoms with van der Waals surface area (Å²) in [6.45, 7) is 2.64. The van der Waals surface area contributed by atoms with Gasteiger partial charge in [0.1, 0.15) is 12.4 Å². The molecule has 3 nitrogen and oxygen atoms in total. The van der Waals surface area contributed by atoms with Crippen LogP contribution in [0, 0.1) is 0 Å². The van der Waals surface area contributed by atoms with Crippen molar-refractivity contribution in [2.75, 3.05) is 0 Å². The second-order valence-electron chi connectivity index (χ2n) is 3.80. The summed E-state index contributed by atoms with van der Waals surface area (Å²) in [5.74, 6) is 0.783. The van der Waals surface area contributed by atoms with Crippen molar-refractivity contribution >= 4 is 11.3 Å². The van der Waals surface area contributed by atoms with E-state index in [0.717, 1.165) is 17.9 Å². The molecule has 0 aliphatic rings. The number of aromatic nitrogens is 1. The molecule has 2 N–H and O–H groups in total. The molecule has 0 saturated heterocycles. The molecule has 0 unspecified atom stereocenters. The van der Waals surface area contributed by atoms with E-state index >= 15 is 0 Å². The van der Waals surface area contributed by atoms with E-state index in [1.807, 2.05) is 30.5 Å². The van der Waals surface area contributed by atoms with Crippen molar-refractivity contribution in [2.24, 2.45) is 5.73 Å². The van der Waals surface area contributed by atoms with Gasteiger partial charge in [-0.15, -0.1) is 11.3 Å². The number of rotatable bonds is 5. The highest BCUT2D eigenvalue weighted by Gasteiger charge is 2.04. The Kier molecular flexibility index (Phi) is 4.12. The van der Waals surface area contributed by atoms with Crippen molar-refractivity contribution in [3.05, 3.63) is 46.4 Å². The Morgan fingerprint density at radius 1 is 1.41 bits per heavy atom. The number of nitrogens with two attached hydrogens (primary N) is 1. The Bertz CT molecular complexity index is 439. The third kappa shape index (κ3) is 3.28. The Hall–Kier alpha value is -1.39. The van der Waals surface area contributed by atoms with Gasteiger partial charge in [-0.1, -0.05) is 13.0 Å². The van der Waals surface area contributed by atoms with Crippen LogP contribution in [0.5, 0.6) is 5.75 Å². The zero-order chi connectivity index (χ0) is 12.1. The highest BCUT2D eigenvalue weighted by Crippen LogP contribution is 2.17. The molecule has 0 aliphatic carbocycles. The lowest BCUT2D eigenvalue weighted by molar-refractivity contribution is 0.308. The van der Waals surface area contributed by atoms with Crippen LogP contribution in [0.4, 0.5) is 0 Å². The van der Waals surface area contributed by atoms with Crippen molar-refractivity contribution in [1.29, 1.82) is 0 Å². The molecule has 4 heteroatoms. The molecule has 0 radical (unpaired) electrons. The zero-order valence-electron chi connectivity index (χ0n) is 9.80. The van der Waals surface area contributed by atoms with E-state index in [1.165, 1.54) is 4.88 Å². The maximum Gasteiger partial charge on any atom is 0.138 e. The van der Waals surface area contributed by atoms with E-state index in [-0.39, 0.29) is 6.04 Å². The molecular formula is C13H16N2OS. The van der Waals surface area contributed by atoms with Crippen molar-refractivity contribution in [3.63, 3.8) is 0 Å². The van der Waals surface area contributed by atoms with Gasteiger partial charge in [0.05, 0.1) is 11.9 Å². The summed E-state index contributed by atoms with van der Waals surface area (Å²) in [6.07, 6.45) is 2.63. The van der Waals surface area contributed by atoms with Gasteiger partial charge in [-0.05, 0) is 30.0 Å². The van der Waals surface area contributed by atoms with Crippen LogP contribution < -0.4 is 10.5 Å². The second-order valence-corrected chi connectivity index (χ2v) is 4.83. The topological polar surface area (TPSA) is 48.1 Å². The lowest BCUT2D eigenvalue weighted by Gasteiger charge is -2.09. The number of hydrogen-bond donors (Lipinski definition) is 1. The van der Waals surface area contributed by atoms with E-state index in [0.29, 0.717) is 6.61 Å². The summed E-state index contributed by atoms with van der Waals surface area (Å²) in [5.41, 5.74) is 6.81. The molecule has 2 heterocycles. The molecule has 2 aromatic rings. The highest BCUT2D eigenvalue weighted by molar-refractivity contribution is 7.09. The van der Waals surface area contributed by atoms with Crippen molar-refractivity contribution in [2.45, 2.75) is 26.0 Å². The predicted octanol–water partition coefficient (Wildman–Crippen LogP) is 3.13. The molecule has 0 aliphatic heterocycles. The molecule has 1 atom stereocenters. The minimum absolute atomic E-state index is 0.0151. The average Bonchev–Trinajstić information content (AvgIpc) is 2.89. The van der Waals surface area contributed by atoms with Gasteiger partial charge in [0.15, 0.2) is 0 Å². The molecule has 0 aromatic carbocycles. The molecule has 90 valence electrons. The Morgan fingerprint density at radius 2 is 2.29 bits per heavy atom. The first kappa shape index (κ1) is 12.1. The standard InChI is InChI=1S/C13H16N2OS/c1-2-12(14)13-6-5-10(8-15-13)16-9-11-4-3-7-17-11/h3-8,12H,2,9,14H2,1H3/t12-/m0/s1. The summed E-state index contributed by atoms with van der Waals surface area (Å²) >= 11 is 1.69. The van der Waals surface area contributed by atoms with Crippen LogP contribution in [0.15, 0.2) is 35.8 Å². The Balaban J connectivity index is 1.94. The summed E-state index contributed by atoms with van der Waals surface area (Å²) in [5, 5.41) is 2.04. The quantitative estimate of drug-likeness (QED) is 0.884. The Morgan fingerprint density at radius 3 is 2.88 bits per heavy atom. The molecular weight excluding hydrogens is 232 g/mol.